The molecular formula is C32H38. The normalized spacial score (nSPS) is 9.84. The maximum absolute atomic E-state index is 2.20. The topological polar surface area (TPSA) is 0 Å². The van der Waals surface area contributed by atoms with Gasteiger partial charge in [0, 0.05) is 0 Å². The first kappa shape index (κ1) is 25.1. The molecule has 0 bridgehead atoms. The highest BCUT2D eigenvalue weighted by Gasteiger charge is 1.95. The summed E-state index contributed by atoms with van der Waals surface area (Å²) in [5.74, 6) is 0. The van der Waals surface area contributed by atoms with Gasteiger partial charge in [-0.15, -0.1) is 0 Å². The lowest BCUT2D eigenvalue weighted by atomic mass is 10.0. The van der Waals surface area contributed by atoms with Crippen LogP contribution in [0.5, 0.6) is 0 Å². The van der Waals surface area contributed by atoms with E-state index in [1.165, 1.54) is 50.1 Å². The minimum Gasteiger partial charge on any atom is -0.0591 e. The number of hydrogen-bond donors (Lipinski definition) is 0. The average Bonchev–Trinajstić information content (AvgIpc) is 2.73. The molecule has 0 atom stereocenters. The van der Waals surface area contributed by atoms with Crippen molar-refractivity contribution in [1.29, 1.82) is 0 Å². The Hall–Kier alpha value is -3.12. The summed E-state index contributed by atoms with van der Waals surface area (Å²) in [5, 5.41) is 0. The second-order valence-corrected chi connectivity index (χ2v) is 8.97. The molecule has 0 aliphatic heterocycles. The zero-order chi connectivity index (χ0) is 23.5. The molecule has 0 aliphatic rings. The lowest BCUT2D eigenvalue weighted by Crippen LogP contribution is -1.88. The molecule has 0 aliphatic carbocycles. The zero-order valence-corrected chi connectivity index (χ0v) is 20.9. The Morgan fingerprint density at radius 1 is 0.312 bits per heavy atom. The molecule has 4 rings (SSSR count). The highest BCUT2D eigenvalue weighted by atomic mass is 14.0. The quantitative estimate of drug-likeness (QED) is 0.303. The molecule has 0 radical (unpaired) electrons. The minimum absolute atomic E-state index is 1.03. The lowest BCUT2D eigenvalue weighted by molar-refractivity contribution is 1.18. The Bertz CT molecular complexity index is 951. The van der Waals surface area contributed by atoms with Crippen LogP contribution >= 0.6 is 0 Å². The van der Waals surface area contributed by atoms with E-state index in [0.717, 1.165) is 6.42 Å². The fraction of sp³-hybridized carbons (Fsp3) is 0.250. The fourth-order valence-electron chi connectivity index (χ4n) is 3.49. The zero-order valence-electron chi connectivity index (χ0n) is 20.9. The van der Waals surface area contributed by atoms with Crippen molar-refractivity contribution in [2.24, 2.45) is 0 Å². The second-order valence-electron chi connectivity index (χ2n) is 8.97. The molecule has 0 fully saturated rings. The van der Waals surface area contributed by atoms with Crippen molar-refractivity contribution in [2.75, 3.05) is 0 Å². The van der Waals surface area contributed by atoms with Gasteiger partial charge in [-0.05, 0) is 66.0 Å². The summed E-state index contributed by atoms with van der Waals surface area (Å²) in [6.45, 7) is 14.8. The van der Waals surface area contributed by atoms with Crippen LogP contribution in [0.2, 0.25) is 0 Å². The monoisotopic (exact) mass is 422 g/mol. The van der Waals surface area contributed by atoms with E-state index in [2.05, 4.69) is 139 Å². The highest BCUT2D eigenvalue weighted by Crippen LogP contribution is 2.11. The SMILES string of the molecule is Cc1cc(C)cc(C)c1.Cc1ccc(C)cc1.Cc1ccc(Cc2ccc(C)cc2)cc1. The first-order chi connectivity index (χ1) is 15.2. The van der Waals surface area contributed by atoms with Crippen LogP contribution in [-0.2, 0) is 6.42 Å². The predicted octanol–water partition coefficient (Wildman–Crippen LogP) is 8.81. The molecule has 0 saturated carbocycles. The van der Waals surface area contributed by atoms with E-state index in [1.54, 1.807) is 0 Å². The summed E-state index contributed by atoms with van der Waals surface area (Å²) in [6, 6.07) is 32.5. The number of aryl methyl sites for hydroxylation is 7. The first-order valence-electron chi connectivity index (χ1n) is 11.4. The van der Waals surface area contributed by atoms with Crippen LogP contribution in [0, 0.1) is 48.5 Å². The molecule has 0 N–H and O–H groups in total. The van der Waals surface area contributed by atoms with E-state index in [1.807, 2.05) is 0 Å². The van der Waals surface area contributed by atoms with Gasteiger partial charge in [0.15, 0.2) is 0 Å². The predicted molar refractivity (Wildman–Crippen MR) is 142 cm³/mol. The molecule has 0 aromatic heterocycles. The van der Waals surface area contributed by atoms with Gasteiger partial charge in [0.2, 0.25) is 0 Å². The van der Waals surface area contributed by atoms with Gasteiger partial charge >= 0.3 is 0 Å². The third-order valence-corrected chi connectivity index (χ3v) is 5.23. The molecule has 0 spiro atoms. The van der Waals surface area contributed by atoms with Crippen LogP contribution in [0.1, 0.15) is 50.1 Å². The molecular weight excluding hydrogens is 384 g/mol. The fourth-order valence-corrected chi connectivity index (χ4v) is 3.49. The Balaban J connectivity index is 0.000000183. The molecule has 32 heavy (non-hydrogen) atoms. The maximum atomic E-state index is 2.20. The van der Waals surface area contributed by atoms with Gasteiger partial charge in [0.25, 0.3) is 0 Å². The summed E-state index contributed by atoms with van der Waals surface area (Å²) in [4.78, 5) is 0. The van der Waals surface area contributed by atoms with Crippen LogP contribution in [0.25, 0.3) is 0 Å². The molecule has 0 heterocycles. The van der Waals surface area contributed by atoms with E-state index in [4.69, 9.17) is 0 Å². The molecule has 0 amide bonds. The third kappa shape index (κ3) is 9.79. The van der Waals surface area contributed by atoms with Gasteiger partial charge in [-0.1, -0.05) is 130 Å². The number of benzene rings is 4. The smallest absolute Gasteiger partial charge is 0.00258 e. The first-order valence-corrected chi connectivity index (χ1v) is 11.4. The van der Waals surface area contributed by atoms with Crippen molar-refractivity contribution < 1.29 is 0 Å². The summed E-state index contributed by atoms with van der Waals surface area (Å²) in [5.41, 5.74) is 12.1. The summed E-state index contributed by atoms with van der Waals surface area (Å²) in [6.07, 6.45) is 1.03. The standard InChI is InChI=1S/C15H16.C9H12.C8H10/c1-12-3-7-14(8-4-12)11-15-9-5-13(2)6-10-15;1-7-4-8(2)6-9(3)5-7;1-7-3-5-8(2)6-4-7/h3-10H,11H2,1-2H3;4-6H,1-3H3;3-6H,1-2H3. The number of rotatable bonds is 2. The van der Waals surface area contributed by atoms with Gasteiger partial charge in [-0.2, -0.15) is 0 Å². The van der Waals surface area contributed by atoms with Gasteiger partial charge in [0.05, 0.1) is 0 Å². The molecule has 0 heteroatoms. The van der Waals surface area contributed by atoms with Crippen molar-refractivity contribution in [1.82, 2.24) is 0 Å². The van der Waals surface area contributed by atoms with Crippen LogP contribution in [-0.4, -0.2) is 0 Å². The lowest BCUT2D eigenvalue weighted by Gasteiger charge is -2.03. The molecule has 0 unspecified atom stereocenters. The van der Waals surface area contributed by atoms with E-state index < -0.39 is 0 Å². The Kier molecular flexibility index (Phi) is 9.95. The average molecular weight is 423 g/mol. The molecule has 166 valence electrons. The van der Waals surface area contributed by atoms with Gasteiger partial charge in [-0.25, -0.2) is 0 Å². The largest absolute Gasteiger partial charge is 0.0591 e. The second kappa shape index (κ2) is 12.7. The van der Waals surface area contributed by atoms with E-state index in [9.17, 15) is 0 Å². The molecule has 4 aromatic carbocycles. The highest BCUT2D eigenvalue weighted by molar-refractivity contribution is 5.30. The number of hydrogen-bond acceptors (Lipinski definition) is 0. The van der Waals surface area contributed by atoms with Crippen molar-refractivity contribution in [3.05, 3.63) is 141 Å². The van der Waals surface area contributed by atoms with Crippen molar-refractivity contribution in [3.63, 3.8) is 0 Å². The van der Waals surface area contributed by atoms with Crippen molar-refractivity contribution in [3.8, 4) is 0 Å². The Morgan fingerprint density at radius 2 is 0.531 bits per heavy atom. The minimum atomic E-state index is 1.03. The van der Waals surface area contributed by atoms with Gasteiger partial charge < -0.3 is 0 Å². The van der Waals surface area contributed by atoms with E-state index >= 15 is 0 Å². The molecule has 4 aromatic rings. The molecule has 0 saturated heterocycles. The van der Waals surface area contributed by atoms with Gasteiger partial charge in [0.1, 0.15) is 0 Å². The summed E-state index contributed by atoms with van der Waals surface area (Å²) in [7, 11) is 0. The summed E-state index contributed by atoms with van der Waals surface area (Å²) < 4.78 is 0. The summed E-state index contributed by atoms with van der Waals surface area (Å²) >= 11 is 0. The van der Waals surface area contributed by atoms with Crippen LogP contribution in [0.15, 0.2) is 91.0 Å². The van der Waals surface area contributed by atoms with E-state index in [0.29, 0.717) is 0 Å². The Morgan fingerprint density at radius 3 is 0.781 bits per heavy atom. The van der Waals surface area contributed by atoms with Crippen molar-refractivity contribution >= 4 is 0 Å². The van der Waals surface area contributed by atoms with Crippen LogP contribution in [0.3, 0.4) is 0 Å². The maximum Gasteiger partial charge on any atom is -0.00258 e. The van der Waals surface area contributed by atoms with Crippen LogP contribution in [0.4, 0.5) is 0 Å². The Labute approximate surface area is 196 Å². The van der Waals surface area contributed by atoms with Gasteiger partial charge in [-0.3, -0.25) is 0 Å². The molecule has 0 nitrogen and oxygen atoms in total. The van der Waals surface area contributed by atoms with Crippen LogP contribution < -0.4 is 0 Å². The van der Waals surface area contributed by atoms with Crippen molar-refractivity contribution in [2.45, 2.75) is 54.9 Å². The van der Waals surface area contributed by atoms with E-state index in [-0.39, 0.29) is 0 Å². The third-order valence-electron chi connectivity index (χ3n) is 5.23.